The Bertz CT molecular complexity index is 328. The molecule has 2 atom stereocenters. The van der Waals surface area contributed by atoms with Crippen LogP contribution in [0.15, 0.2) is 12.7 Å². The molecule has 0 spiro atoms. The van der Waals surface area contributed by atoms with Crippen molar-refractivity contribution in [3.8, 4) is 0 Å². The number of carbonyl (C=O) groups excluding carboxylic acids is 1. The van der Waals surface area contributed by atoms with Crippen molar-refractivity contribution in [2.24, 2.45) is 11.8 Å². The molecule has 1 heterocycles. The Morgan fingerprint density at radius 3 is 2.88 bits per heavy atom. The summed E-state index contributed by atoms with van der Waals surface area (Å²) in [5.74, 6) is 1.35. The van der Waals surface area contributed by atoms with E-state index in [1.807, 2.05) is 19.9 Å². The SMILES string of the molecule is C=C[C@@H]1C[C@H]1CN1C(=N)NC(C)(C)CC1=O. The number of rotatable bonds is 3. The van der Waals surface area contributed by atoms with Gasteiger partial charge in [0.2, 0.25) is 5.91 Å². The zero-order chi connectivity index (χ0) is 11.9. The second-order valence-corrected chi connectivity index (χ2v) is 5.43. The van der Waals surface area contributed by atoms with E-state index < -0.39 is 0 Å². The van der Waals surface area contributed by atoms with Crippen molar-refractivity contribution in [1.82, 2.24) is 10.2 Å². The molecule has 0 aromatic carbocycles. The summed E-state index contributed by atoms with van der Waals surface area (Å²) in [6.07, 6.45) is 3.50. The Balaban J connectivity index is 1.98. The summed E-state index contributed by atoms with van der Waals surface area (Å²) in [4.78, 5) is 13.5. The molecule has 1 saturated carbocycles. The second-order valence-electron chi connectivity index (χ2n) is 5.43. The maximum absolute atomic E-state index is 11.9. The van der Waals surface area contributed by atoms with E-state index in [2.05, 4.69) is 11.9 Å². The van der Waals surface area contributed by atoms with Crippen LogP contribution in [0.4, 0.5) is 0 Å². The van der Waals surface area contributed by atoms with Crippen LogP contribution in [-0.2, 0) is 4.79 Å². The van der Waals surface area contributed by atoms with Gasteiger partial charge in [-0.15, -0.1) is 6.58 Å². The Morgan fingerprint density at radius 2 is 2.38 bits per heavy atom. The van der Waals surface area contributed by atoms with Crippen molar-refractivity contribution in [2.45, 2.75) is 32.2 Å². The third-order valence-corrected chi connectivity index (χ3v) is 3.32. The molecular formula is C12H19N3O. The molecule has 2 aliphatic rings. The maximum atomic E-state index is 11.9. The van der Waals surface area contributed by atoms with Gasteiger partial charge in [-0.2, -0.15) is 0 Å². The molecule has 0 radical (unpaired) electrons. The number of amides is 1. The summed E-state index contributed by atoms with van der Waals surface area (Å²) in [5.41, 5.74) is -0.286. The lowest BCUT2D eigenvalue weighted by Gasteiger charge is -2.38. The molecule has 88 valence electrons. The number of carbonyl (C=O) groups is 1. The van der Waals surface area contributed by atoms with Crippen LogP contribution in [-0.4, -0.2) is 28.9 Å². The monoisotopic (exact) mass is 221 g/mol. The fourth-order valence-electron chi connectivity index (χ4n) is 2.23. The van der Waals surface area contributed by atoms with Gasteiger partial charge in [0, 0.05) is 18.5 Å². The van der Waals surface area contributed by atoms with Gasteiger partial charge in [-0.05, 0) is 32.1 Å². The fraction of sp³-hybridized carbons (Fsp3) is 0.667. The van der Waals surface area contributed by atoms with Crippen molar-refractivity contribution in [1.29, 1.82) is 5.41 Å². The minimum atomic E-state index is -0.286. The summed E-state index contributed by atoms with van der Waals surface area (Å²) in [5, 5.41) is 10.9. The topological polar surface area (TPSA) is 56.2 Å². The minimum Gasteiger partial charge on any atom is -0.351 e. The lowest BCUT2D eigenvalue weighted by molar-refractivity contribution is -0.130. The number of nitrogens with one attached hydrogen (secondary N) is 2. The van der Waals surface area contributed by atoms with E-state index in [0.717, 1.165) is 6.42 Å². The Kier molecular flexibility index (Phi) is 2.52. The van der Waals surface area contributed by atoms with E-state index in [-0.39, 0.29) is 17.4 Å². The summed E-state index contributed by atoms with van der Waals surface area (Å²) in [6, 6.07) is 0. The summed E-state index contributed by atoms with van der Waals surface area (Å²) in [6.45, 7) is 8.31. The van der Waals surface area contributed by atoms with E-state index in [9.17, 15) is 4.79 Å². The molecule has 4 heteroatoms. The zero-order valence-electron chi connectivity index (χ0n) is 9.92. The molecule has 1 aliphatic heterocycles. The average molecular weight is 221 g/mol. The minimum absolute atomic E-state index is 0.0588. The average Bonchev–Trinajstić information content (AvgIpc) is 2.88. The first-order valence-electron chi connectivity index (χ1n) is 5.72. The lowest BCUT2D eigenvalue weighted by atomic mass is 9.97. The molecule has 0 unspecified atom stereocenters. The van der Waals surface area contributed by atoms with Gasteiger partial charge >= 0.3 is 0 Å². The maximum Gasteiger partial charge on any atom is 0.231 e. The normalized spacial score (nSPS) is 32.2. The van der Waals surface area contributed by atoms with Crippen LogP contribution in [0.25, 0.3) is 0 Å². The van der Waals surface area contributed by atoms with Crippen molar-refractivity contribution in [2.75, 3.05) is 6.54 Å². The number of guanidine groups is 1. The largest absolute Gasteiger partial charge is 0.351 e. The summed E-state index contributed by atoms with van der Waals surface area (Å²) < 4.78 is 0. The highest BCUT2D eigenvalue weighted by Gasteiger charge is 2.41. The first-order chi connectivity index (χ1) is 7.43. The summed E-state index contributed by atoms with van der Waals surface area (Å²) >= 11 is 0. The Morgan fingerprint density at radius 1 is 1.69 bits per heavy atom. The smallest absolute Gasteiger partial charge is 0.231 e. The van der Waals surface area contributed by atoms with Crippen LogP contribution in [0, 0.1) is 17.2 Å². The van der Waals surface area contributed by atoms with Crippen molar-refractivity contribution in [3.63, 3.8) is 0 Å². The number of hydrogen-bond acceptors (Lipinski definition) is 2. The molecule has 1 aliphatic carbocycles. The van der Waals surface area contributed by atoms with E-state index in [0.29, 0.717) is 24.8 Å². The zero-order valence-corrected chi connectivity index (χ0v) is 9.92. The number of hydrogen-bond donors (Lipinski definition) is 2. The van der Waals surface area contributed by atoms with Gasteiger partial charge in [0.25, 0.3) is 0 Å². The third kappa shape index (κ3) is 2.10. The van der Waals surface area contributed by atoms with Gasteiger partial charge < -0.3 is 5.32 Å². The lowest BCUT2D eigenvalue weighted by Crippen LogP contribution is -2.60. The molecular weight excluding hydrogens is 202 g/mol. The predicted molar refractivity (Wildman–Crippen MR) is 63.1 cm³/mol. The molecule has 0 aromatic heterocycles. The first kappa shape index (κ1) is 11.2. The quantitative estimate of drug-likeness (QED) is 0.707. The van der Waals surface area contributed by atoms with Crippen molar-refractivity contribution >= 4 is 11.9 Å². The highest BCUT2D eigenvalue weighted by Crippen LogP contribution is 2.40. The fourth-order valence-corrected chi connectivity index (χ4v) is 2.23. The van der Waals surface area contributed by atoms with Gasteiger partial charge in [-0.1, -0.05) is 6.08 Å². The molecule has 1 saturated heterocycles. The Labute approximate surface area is 96.2 Å². The van der Waals surface area contributed by atoms with E-state index in [1.165, 1.54) is 0 Å². The van der Waals surface area contributed by atoms with Gasteiger partial charge in [0.1, 0.15) is 0 Å². The summed E-state index contributed by atoms with van der Waals surface area (Å²) in [7, 11) is 0. The van der Waals surface area contributed by atoms with E-state index >= 15 is 0 Å². The molecule has 2 fully saturated rings. The van der Waals surface area contributed by atoms with Gasteiger partial charge in [-0.25, -0.2) is 0 Å². The molecule has 16 heavy (non-hydrogen) atoms. The van der Waals surface area contributed by atoms with Crippen molar-refractivity contribution < 1.29 is 4.79 Å². The first-order valence-corrected chi connectivity index (χ1v) is 5.72. The van der Waals surface area contributed by atoms with Crippen LogP contribution in [0.1, 0.15) is 26.7 Å². The van der Waals surface area contributed by atoms with Crippen LogP contribution in [0.2, 0.25) is 0 Å². The standard InChI is InChI=1S/C12H19N3O/c1-4-8-5-9(8)7-15-10(16)6-12(2,3)14-11(15)13/h4,8-9H,1,5-7H2,2-3H3,(H2,13,14)/t8-,9+/m1/s1. The van der Waals surface area contributed by atoms with Crippen LogP contribution in [0.5, 0.6) is 0 Å². The molecule has 1 amide bonds. The van der Waals surface area contributed by atoms with Crippen LogP contribution in [0.3, 0.4) is 0 Å². The molecule has 4 nitrogen and oxygen atoms in total. The van der Waals surface area contributed by atoms with Gasteiger partial charge in [0.05, 0.1) is 0 Å². The highest BCUT2D eigenvalue weighted by molar-refractivity contribution is 5.99. The van der Waals surface area contributed by atoms with E-state index in [1.54, 1.807) is 4.90 Å². The number of nitrogens with zero attached hydrogens (tertiary/aromatic N) is 1. The molecule has 0 aromatic rings. The van der Waals surface area contributed by atoms with Crippen LogP contribution >= 0.6 is 0 Å². The second kappa shape index (κ2) is 3.61. The molecule has 2 rings (SSSR count). The van der Waals surface area contributed by atoms with Crippen LogP contribution < -0.4 is 5.32 Å². The third-order valence-electron chi connectivity index (χ3n) is 3.32. The van der Waals surface area contributed by atoms with E-state index in [4.69, 9.17) is 5.41 Å². The van der Waals surface area contributed by atoms with Gasteiger partial charge in [-0.3, -0.25) is 15.1 Å². The van der Waals surface area contributed by atoms with Gasteiger partial charge in [0.15, 0.2) is 5.96 Å². The van der Waals surface area contributed by atoms with Crippen molar-refractivity contribution in [3.05, 3.63) is 12.7 Å². The molecule has 2 N–H and O–H groups in total. The Hall–Kier alpha value is -1.32. The molecule has 0 bridgehead atoms. The predicted octanol–water partition coefficient (Wildman–Crippen LogP) is 1.34. The highest BCUT2D eigenvalue weighted by atomic mass is 16.2. The number of allylic oxidation sites excluding steroid dienone is 1.